The van der Waals surface area contributed by atoms with Crippen LogP contribution in [0, 0.1) is 6.92 Å². The number of carboxylic acids is 1. The molecule has 1 amide bonds. The van der Waals surface area contributed by atoms with Gasteiger partial charge >= 0.3 is 12.1 Å². The Morgan fingerprint density at radius 3 is 2.39 bits per heavy atom. The summed E-state index contributed by atoms with van der Waals surface area (Å²) in [6.45, 7) is 10.3. The predicted octanol–water partition coefficient (Wildman–Crippen LogP) is 4.23. The van der Waals surface area contributed by atoms with Crippen molar-refractivity contribution in [1.29, 1.82) is 0 Å². The first-order valence-electron chi connectivity index (χ1n) is 7.94. The van der Waals surface area contributed by atoms with Crippen molar-refractivity contribution in [3.63, 3.8) is 0 Å². The number of ether oxygens (including phenoxy) is 1. The first-order valence-corrected chi connectivity index (χ1v) is 7.94. The van der Waals surface area contributed by atoms with Crippen LogP contribution in [-0.2, 0) is 11.3 Å². The van der Waals surface area contributed by atoms with Crippen molar-refractivity contribution in [2.24, 2.45) is 0 Å². The monoisotopic (exact) mass is 321 g/mol. The lowest BCUT2D eigenvalue weighted by atomic mass is 10.1. The number of nitrogens with zero attached hydrogens (tertiary/aromatic N) is 1. The number of hydrogen-bond donors (Lipinski definition) is 1. The highest BCUT2D eigenvalue weighted by atomic mass is 16.6. The topological polar surface area (TPSA) is 66.8 Å². The van der Waals surface area contributed by atoms with Gasteiger partial charge in [-0.25, -0.2) is 9.59 Å². The Kier molecular flexibility index (Phi) is 6.61. The van der Waals surface area contributed by atoms with Gasteiger partial charge in [-0.2, -0.15) is 0 Å². The second-order valence-electron chi connectivity index (χ2n) is 6.77. The molecule has 0 heterocycles. The summed E-state index contributed by atoms with van der Waals surface area (Å²) < 4.78 is 5.45. The Morgan fingerprint density at radius 1 is 1.22 bits per heavy atom. The lowest BCUT2D eigenvalue weighted by Gasteiger charge is -2.27. The quantitative estimate of drug-likeness (QED) is 0.851. The summed E-state index contributed by atoms with van der Waals surface area (Å²) in [7, 11) is 0. The largest absolute Gasteiger partial charge is 0.478 e. The third kappa shape index (κ3) is 6.72. The number of carbonyl (C=O) groups excluding carboxylic acids is 1. The van der Waals surface area contributed by atoms with Gasteiger partial charge in [0.25, 0.3) is 0 Å². The SMILES string of the molecule is CCCCN(Cc1cc(C)cc(C(=O)O)c1)C(=O)OC(C)(C)C. The Hall–Kier alpha value is -2.04. The van der Waals surface area contributed by atoms with Crippen molar-refractivity contribution in [3.05, 3.63) is 34.9 Å². The van der Waals surface area contributed by atoms with Gasteiger partial charge in [0.1, 0.15) is 5.60 Å². The van der Waals surface area contributed by atoms with Gasteiger partial charge in [-0.15, -0.1) is 0 Å². The van der Waals surface area contributed by atoms with E-state index < -0.39 is 11.6 Å². The van der Waals surface area contributed by atoms with Gasteiger partial charge in [0.05, 0.1) is 5.56 Å². The van der Waals surface area contributed by atoms with Crippen molar-refractivity contribution in [3.8, 4) is 0 Å². The molecule has 0 atom stereocenters. The molecule has 0 radical (unpaired) electrons. The zero-order chi connectivity index (χ0) is 17.6. The average Bonchev–Trinajstić information content (AvgIpc) is 2.40. The maximum absolute atomic E-state index is 12.4. The molecule has 23 heavy (non-hydrogen) atoms. The average molecular weight is 321 g/mol. The highest BCUT2D eigenvalue weighted by Gasteiger charge is 2.22. The van der Waals surface area contributed by atoms with Crippen molar-refractivity contribution in [2.45, 2.75) is 59.6 Å². The van der Waals surface area contributed by atoms with Crippen LogP contribution in [0.25, 0.3) is 0 Å². The molecule has 0 saturated heterocycles. The molecule has 0 aliphatic heterocycles. The molecule has 128 valence electrons. The van der Waals surface area contributed by atoms with Gasteiger partial charge in [-0.05, 0) is 57.4 Å². The van der Waals surface area contributed by atoms with E-state index in [1.54, 1.807) is 17.0 Å². The van der Waals surface area contributed by atoms with E-state index in [9.17, 15) is 9.59 Å². The number of aryl methyl sites for hydroxylation is 1. The summed E-state index contributed by atoms with van der Waals surface area (Å²) >= 11 is 0. The van der Waals surface area contributed by atoms with Crippen molar-refractivity contribution in [2.75, 3.05) is 6.54 Å². The maximum atomic E-state index is 12.4. The molecule has 0 aromatic heterocycles. The molecule has 1 rings (SSSR count). The summed E-state index contributed by atoms with van der Waals surface area (Å²) in [5, 5.41) is 9.17. The van der Waals surface area contributed by atoms with Crippen molar-refractivity contribution < 1.29 is 19.4 Å². The third-order valence-electron chi connectivity index (χ3n) is 3.19. The van der Waals surface area contributed by atoms with Crippen LogP contribution in [0.15, 0.2) is 18.2 Å². The first kappa shape index (κ1) is 19.0. The molecule has 0 bridgehead atoms. The van der Waals surface area contributed by atoms with Crippen LogP contribution in [0.3, 0.4) is 0 Å². The molecule has 5 heteroatoms. The standard InChI is InChI=1S/C18H27NO4/c1-6-7-8-19(17(22)23-18(3,4)5)12-14-9-13(2)10-15(11-14)16(20)21/h9-11H,6-8,12H2,1-5H3,(H,20,21). The number of rotatable bonds is 6. The number of aromatic carboxylic acids is 1. The Morgan fingerprint density at radius 2 is 1.87 bits per heavy atom. The fraction of sp³-hybridized carbons (Fsp3) is 0.556. The van der Waals surface area contributed by atoms with Gasteiger partial charge in [-0.3, -0.25) is 0 Å². The normalized spacial score (nSPS) is 11.2. The zero-order valence-electron chi connectivity index (χ0n) is 14.7. The van der Waals surface area contributed by atoms with E-state index in [1.807, 2.05) is 33.8 Å². The Balaban J connectivity index is 2.96. The minimum absolute atomic E-state index is 0.236. The van der Waals surface area contributed by atoms with Crippen LogP contribution in [0.2, 0.25) is 0 Å². The first-order chi connectivity index (χ1) is 10.6. The van der Waals surface area contributed by atoms with E-state index in [0.29, 0.717) is 13.1 Å². The van der Waals surface area contributed by atoms with Crippen LogP contribution in [0.4, 0.5) is 4.79 Å². The smallest absolute Gasteiger partial charge is 0.410 e. The molecule has 1 aromatic rings. The third-order valence-corrected chi connectivity index (χ3v) is 3.19. The lowest BCUT2D eigenvalue weighted by molar-refractivity contribution is 0.0231. The minimum atomic E-state index is -0.965. The number of benzene rings is 1. The van der Waals surface area contributed by atoms with Gasteiger partial charge in [0.2, 0.25) is 0 Å². The molecular formula is C18H27NO4. The molecule has 1 N–H and O–H groups in total. The molecular weight excluding hydrogens is 294 g/mol. The lowest BCUT2D eigenvalue weighted by Crippen LogP contribution is -2.37. The highest BCUT2D eigenvalue weighted by molar-refractivity contribution is 5.88. The second kappa shape index (κ2) is 7.99. The van der Waals surface area contributed by atoms with E-state index in [1.165, 1.54) is 0 Å². The molecule has 0 aliphatic rings. The summed E-state index contributed by atoms with van der Waals surface area (Å²) in [4.78, 5) is 25.2. The van der Waals surface area contributed by atoms with Crippen LogP contribution in [-0.4, -0.2) is 34.2 Å². The van der Waals surface area contributed by atoms with Gasteiger partial charge in [-0.1, -0.05) is 19.4 Å². The van der Waals surface area contributed by atoms with Gasteiger partial charge in [0, 0.05) is 13.1 Å². The summed E-state index contributed by atoms with van der Waals surface area (Å²) in [6.07, 6.45) is 1.47. The number of carboxylic acid groups (broad SMARTS) is 1. The van der Waals surface area contributed by atoms with Crippen LogP contribution in [0.5, 0.6) is 0 Å². The molecule has 0 aliphatic carbocycles. The molecule has 1 aromatic carbocycles. The van der Waals surface area contributed by atoms with E-state index in [4.69, 9.17) is 9.84 Å². The number of unbranched alkanes of at least 4 members (excludes halogenated alkanes) is 1. The number of hydrogen-bond acceptors (Lipinski definition) is 3. The van der Waals surface area contributed by atoms with Gasteiger partial charge < -0.3 is 14.7 Å². The van der Waals surface area contributed by atoms with E-state index in [0.717, 1.165) is 24.0 Å². The van der Waals surface area contributed by atoms with Crippen LogP contribution in [0.1, 0.15) is 62.0 Å². The van der Waals surface area contributed by atoms with Crippen molar-refractivity contribution >= 4 is 12.1 Å². The Labute approximate surface area is 138 Å². The predicted molar refractivity (Wildman–Crippen MR) is 89.7 cm³/mol. The Bertz CT molecular complexity index is 561. The number of carbonyl (C=O) groups is 2. The summed E-state index contributed by atoms with van der Waals surface area (Å²) in [6, 6.07) is 5.13. The summed E-state index contributed by atoms with van der Waals surface area (Å²) in [5.74, 6) is -0.965. The zero-order valence-corrected chi connectivity index (χ0v) is 14.7. The van der Waals surface area contributed by atoms with E-state index in [-0.39, 0.29) is 11.7 Å². The maximum Gasteiger partial charge on any atom is 0.410 e. The molecule has 0 unspecified atom stereocenters. The highest BCUT2D eigenvalue weighted by Crippen LogP contribution is 2.16. The molecule has 0 saturated carbocycles. The second-order valence-corrected chi connectivity index (χ2v) is 6.77. The fourth-order valence-electron chi connectivity index (χ4n) is 2.21. The van der Waals surface area contributed by atoms with E-state index in [2.05, 4.69) is 6.92 Å². The van der Waals surface area contributed by atoms with Crippen LogP contribution >= 0.6 is 0 Å². The number of amides is 1. The molecule has 0 fully saturated rings. The molecule has 0 spiro atoms. The molecule has 5 nitrogen and oxygen atoms in total. The minimum Gasteiger partial charge on any atom is -0.478 e. The van der Waals surface area contributed by atoms with E-state index >= 15 is 0 Å². The van der Waals surface area contributed by atoms with Crippen LogP contribution < -0.4 is 0 Å². The van der Waals surface area contributed by atoms with Crippen molar-refractivity contribution in [1.82, 2.24) is 4.90 Å². The fourth-order valence-corrected chi connectivity index (χ4v) is 2.21. The summed E-state index contributed by atoms with van der Waals surface area (Å²) in [5.41, 5.74) is 1.34. The van der Waals surface area contributed by atoms with Gasteiger partial charge in [0.15, 0.2) is 0 Å².